The molecule has 0 spiro atoms. The molecule has 0 rings (SSSR count). The molecular formula is C20H37NO6. The number of rotatable bonds is 10. The molecule has 0 atom stereocenters. The first-order valence-corrected chi connectivity index (χ1v) is 9.54. The lowest BCUT2D eigenvalue weighted by atomic mass is 9.85. The van der Waals surface area contributed by atoms with Crippen LogP contribution in [0.2, 0.25) is 0 Å². The third-order valence-corrected chi connectivity index (χ3v) is 3.63. The molecule has 7 heteroatoms. The van der Waals surface area contributed by atoms with Gasteiger partial charge in [-0.1, -0.05) is 0 Å². The lowest BCUT2D eigenvalue weighted by molar-refractivity contribution is -0.155. The largest absolute Gasteiger partial charge is 0.466 e. The number of esters is 3. The summed E-state index contributed by atoms with van der Waals surface area (Å²) in [6.07, 6.45) is 1.30. The Kier molecular flexibility index (Phi) is 10.00. The van der Waals surface area contributed by atoms with E-state index in [9.17, 15) is 14.4 Å². The Balaban J connectivity index is 4.85. The fraction of sp³-hybridized carbons (Fsp3) is 0.850. The SMILES string of the molecule is CCOC(=O)CCC(N)(CCC(=O)OC(C)(C)C)CCC(=O)OC(C)(C)C. The van der Waals surface area contributed by atoms with E-state index in [4.69, 9.17) is 19.9 Å². The maximum Gasteiger partial charge on any atom is 0.306 e. The number of hydrogen-bond donors (Lipinski definition) is 1. The van der Waals surface area contributed by atoms with Gasteiger partial charge in [-0.15, -0.1) is 0 Å². The summed E-state index contributed by atoms with van der Waals surface area (Å²) >= 11 is 0. The standard InChI is InChI=1S/C20H37NO6/c1-8-25-15(22)9-12-20(21,13-10-16(23)26-18(2,3)4)14-11-17(24)27-19(5,6)7/h8-14,21H2,1-7H3. The van der Waals surface area contributed by atoms with Crippen LogP contribution < -0.4 is 5.73 Å². The predicted molar refractivity (Wildman–Crippen MR) is 103 cm³/mol. The second-order valence-corrected chi connectivity index (χ2v) is 8.84. The van der Waals surface area contributed by atoms with Gasteiger partial charge in [0.05, 0.1) is 6.61 Å². The highest BCUT2D eigenvalue weighted by molar-refractivity contribution is 5.71. The second kappa shape index (κ2) is 10.6. The van der Waals surface area contributed by atoms with E-state index in [1.54, 1.807) is 48.5 Å². The van der Waals surface area contributed by atoms with Crippen LogP contribution in [0.3, 0.4) is 0 Å². The van der Waals surface area contributed by atoms with Gasteiger partial charge in [0.2, 0.25) is 0 Å². The van der Waals surface area contributed by atoms with Crippen LogP contribution in [0, 0.1) is 0 Å². The van der Waals surface area contributed by atoms with E-state index < -0.39 is 16.7 Å². The van der Waals surface area contributed by atoms with Gasteiger partial charge in [0.25, 0.3) is 0 Å². The number of hydrogen-bond acceptors (Lipinski definition) is 7. The molecule has 0 aliphatic rings. The highest BCUT2D eigenvalue weighted by atomic mass is 16.6. The monoisotopic (exact) mass is 387 g/mol. The highest BCUT2D eigenvalue weighted by Gasteiger charge is 2.30. The quantitative estimate of drug-likeness (QED) is 0.453. The lowest BCUT2D eigenvalue weighted by Crippen LogP contribution is -2.42. The number of ether oxygens (including phenoxy) is 3. The van der Waals surface area contributed by atoms with Gasteiger partial charge in [-0.2, -0.15) is 0 Å². The first-order chi connectivity index (χ1) is 12.2. The van der Waals surface area contributed by atoms with Gasteiger partial charge in [-0.3, -0.25) is 14.4 Å². The summed E-state index contributed by atoms with van der Waals surface area (Å²) in [7, 11) is 0. The minimum atomic E-state index is -0.861. The van der Waals surface area contributed by atoms with Crippen LogP contribution in [0.25, 0.3) is 0 Å². The molecule has 0 unspecified atom stereocenters. The zero-order chi connectivity index (χ0) is 21.3. The summed E-state index contributed by atoms with van der Waals surface area (Å²) in [5.41, 5.74) is 4.44. The molecule has 0 aromatic carbocycles. The van der Waals surface area contributed by atoms with E-state index >= 15 is 0 Å². The smallest absolute Gasteiger partial charge is 0.306 e. The Bertz CT molecular complexity index is 470. The Morgan fingerprint density at radius 1 is 0.704 bits per heavy atom. The van der Waals surface area contributed by atoms with Crippen LogP contribution in [0.4, 0.5) is 0 Å². The second-order valence-electron chi connectivity index (χ2n) is 8.84. The van der Waals surface area contributed by atoms with Crippen LogP contribution in [-0.4, -0.2) is 41.3 Å². The molecule has 7 nitrogen and oxygen atoms in total. The molecule has 27 heavy (non-hydrogen) atoms. The molecule has 0 radical (unpaired) electrons. The fourth-order valence-electron chi connectivity index (χ4n) is 2.45. The van der Waals surface area contributed by atoms with Crippen LogP contribution in [0.15, 0.2) is 0 Å². The van der Waals surface area contributed by atoms with Gasteiger partial charge in [-0.25, -0.2) is 0 Å². The molecule has 158 valence electrons. The van der Waals surface area contributed by atoms with Gasteiger partial charge in [0.1, 0.15) is 11.2 Å². The van der Waals surface area contributed by atoms with Gasteiger partial charge in [0.15, 0.2) is 0 Å². The van der Waals surface area contributed by atoms with E-state index in [2.05, 4.69) is 0 Å². The van der Waals surface area contributed by atoms with Crippen LogP contribution in [-0.2, 0) is 28.6 Å². The molecule has 0 saturated carbocycles. The zero-order valence-electron chi connectivity index (χ0n) is 18.0. The molecule has 2 N–H and O–H groups in total. The average Bonchev–Trinajstić information content (AvgIpc) is 2.46. The van der Waals surface area contributed by atoms with Crippen molar-refractivity contribution in [3.63, 3.8) is 0 Å². The maximum absolute atomic E-state index is 12.0. The molecule has 0 fully saturated rings. The first-order valence-electron chi connectivity index (χ1n) is 9.54. The van der Waals surface area contributed by atoms with Gasteiger partial charge < -0.3 is 19.9 Å². The van der Waals surface area contributed by atoms with Crippen molar-refractivity contribution < 1.29 is 28.6 Å². The van der Waals surface area contributed by atoms with Crippen molar-refractivity contribution in [3.05, 3.63) is 0 Å². The van der Waals surface area contributed by atoms with E-state index in [0.717, 1.165) is 0 Å². The van der Waals surface area contributed by atoms with E-state index in [1.165, 1.54) is 0 Å². The van der Waals surface area contributed by atoms with Crippen LogP contribution in [0.1, 0.15) is 87.0 Å². The summed E-state index contributed by atoms with van der Waals surface area (Å²) in [5.74, 6) is -1.06. The summed E-state index contributed by atoms with van der Waals surface area (Å²) in [6.45, 7) is 12.8. The van der Waals surface area contributed by atoms with Crippen molar-refractivity contribution in [3.8, 4) is 0 Å². The topological polar surface area (TPSA) is 105 Å². The van der Waals surface area contributed by atoms with E-state index in [-0.39, 0.29) is 37.2 Å². The molecule has 0 amide bonds. The minimum absolute atomic E-state index is 0.116. The number of carbonyl (C=O) groups is 3. The number of carbonyl (C=O) groups excluding carboxylic acids is 3. The minimum Gasteiger partial charge on any atom is -0.466 e. The van der Waals surface area contributed by atoms with Crippen molar-refractivity contribution in [1.82, 2.24) is 0 Å². The molecular weight excluding hydrogens is 350 g/mol. The Hall–Kier alpha value is -1.63. The van der Waals surface area contributed by atoms with Gasteiger partial charge >= 0.3 is 17.9 Å². The molecule has 0 aromatic heterocycles. The van der Waals surface area contributed by atoms with Gasteiger partial charge in [0, 0.05) is 24.8 Å². The third-order valence-electron chi connectivity index (χ3n) is 3.63. The molecule has 0 aliphatic carbocycles. The van der Waals surface area contributed by atoms with Gasteiger partial charge in [-0.05, 0) is 67.7 Å². The zero-order valence-corrected chi connectivity index (χ0v) is 18.0. The molecule has 0 heterocycles. The van der Waals surface area contributed by atoms with Crippen LogP contribution in [0.5, 0.6) is 0 Å². The predicted octanol–water partition coefficient (Wildman–Crippen LogP) is 3.27. The Morgan fingerprint density at radius 2 is 1.04 bits per heavy atom. The van der Waals surface area contributed by atoms with Crippen LogP contribution >= 0.6 is 0 Å². The molecule has 0 aliphatic heterocycles. The maximum atomic E-state index is 12.0. The van der Waals surface area contributed by atoms with E-state index in [0.29, 0.717) is 25.9 Å². The van der Waals surface area contributed by atoms with Crippen molar-refractivity contribution in [2.24, 2.45) is 5.73 Å². The average molecular weight is 388 g/mol. The summed E-state index contributed by atoms with van der Waals surface area (Å²) in [5, 5.41) is 0. The summed E-state index contributed by atoms with van der Waals surface area (Å²) in [6, 6.07) is 0. The molecule has 0 bridgehead atoms. The molecule has 0 aromatic rings. The van der Waals surface area contributed by atoms with Crippen molar-refractivity contribution in [2.75, 3.05) is 6.61 Å². The Morgan fingerprint density at radius 3 is 1.33 bits per heavy atom. The molecule has 0 saturated heterocycles. The summed E-state index contributed by atoms with van der Waals surface area (Å²) < 4.78 is 15.6. The van der Waals surface area contributed by atoms with Crippen molar-refractivity contribution >= 4 is 17.9 Å². The highest BCUT2D eigenvalue weighted by Crippen LogP contribution is 2.25. The van der Waals surface area contributed by atoms with E-state index in [1.807, 2.05) is 0 Å². The van der Waals surface area contributed by atoms with Crippen molar-refractivity contribution in [2.45, 2.75) is 104 Å². The van der Waals surface area contributed by atoms with Crippen molar-refractivity contribution in [1.29, 1.82) is 0 Å². The normalized spacial score (nSPS) is 12.4. The summed E-state index contributed by atoms with van der Waals surface area (Å²) in [4.78, 5) is 35.7. The fourth-order valence-corrected chi connectivity index (χ4v) is 2.45. The third kappa shape index (κ3) is 14.1. The Labute approximate surface area is 163 Å². The lowest BCUT2D eigenvalue weighted by Gasteiger charge is -2.30. The number of nitrogens with two attached hydrogens (primary N) is 1. The first kappa shape index (κ1) is 25.4.